The third kappa shape index (κ3) is 6.33. The summed E-state index contributed by atoms with van der Waals surface area (Å²) in [7, 11) is 0. The molecule has 2 saturated heterocycles. The zero-order valence-electron chi connectivity index (χ0n) is 19.9. The monoisotopic (exact) mass is 492 g/mol. The molecular formula is C24H30F2N4O5. The van der Waals surface area contributed by atoms with Crippen LogP contribution in [0.1, 0.15) is 54.4 Å². The summed E-state index contributed by atoms with van der Waals surface area (Å²) in [6.45, 7) is 4.76. The lowest BCUT2D eigenvalue weighted by Crippen LogP contribution is -2.40. The molecule has 1 N–H and O–H groups in total. The third-order valence-electron chi connectivity index (χ3n) is 6.38. The summed E-state index contributed by atoms with van der Waals surface area (Å²) in [5.41, 5.74) is 1.27. The predicted octanol–water partition coefficient (Wildman–Crippen LogP) is 3.26. The van der Waals surface area contributed by atoms with Crippen molar-refractivity contribution in [1.29, 1.82) is 0 Å². The van der Waals surface area contributed by atoms with Crippen molar-refractivity contribution in [2.75, 3.05) is 37.8 Å². The number of rotatable bonds is 9. The Hall–Kier alpha value is -3.08. The molecule has 4 rings (SSSR count). The first-order chi connectivity index (χ1) is 16.7. The molecule has 0 bridgehead atoms. The zero-order valence-corrected chi connectivity index (χ0v) is 19.9. The number of ether oxygens (including phenoxy) is 2. The van der Waals surface area contributed by atoms with E-state index in [-0.39, 0.29) is 30.9 Å². The van der Waals surface area contributed by atoms with E-state index in [1.54, 1.807) is 12.1 Å². The van der Waals surface area contributed by atoms with Gasteiger partial charge < -0.3 is 24.2 Å². The minimum atomic E-state index is -3.14. The van der Waals surface area contributed by atoms with Gasteiger partial charge in [0.15, 0.2) is 5.78 Å². The Morgan fingerprint density at radius 3 is 2.71 bits per heavy atom. The number of nitrogens with zero attached hydrogens (tertiary/aromatic N) is 3. The molecule has 1 aromatic heterocycles. The summed E-state index contributed by atoms with van der Waals surface area (Å²) in [5.74, 6) is -2.79. The number of nitrogens with one attached hydrogen (secondary N) is 1. The second-order valence-electron chi connectivity index (χ2n) is 9.19. The SMILES string of the molecule is Cc1cc(OCCCC2CCN(c3noc(C(C)(F)F)n3)CC2)ccc1C(=O)NC1COCC1=O. The van der Waals surface area contributed by atoms with Crippen molar-refractivity contribution in [3.63, 3.8) is 0 Å². The lowest BCUT2D eigenvalue weighted by Gasteiger charge is -2.30. The quantitative estimate of drug-likeness (QED) is 0.532. The molecule has 35 heavy (non-hydrogen) atoms. The maximum absolute atomic E-state index is 13.3. The molecule has 2 aliphatic heterocycles. The summed E-state index contributed by atoms with van der Waals surface area (Å²) in [5, 5.41) is 6.40. The highest BCUT2D eigenvalue weighted by atomic mass is 19.3. The van der Waals surface area contributed by atoms with Gasteiger partial charge in [0.1, 0.15) is 18.4 Å². The molecule has 11 heteroatoms. The number of hydrogen-bond donors (Lipinski definition) is 1. The lowest BCUT2D eigenvalue weighted by atomic mass is 9.92. The van der Waals surface area contributed by atoms with Crippen LogP contribution in [-0.4, -0.2) is 60.8 Å². The van der Waals surface area contributed by atoms with Gasteiger partial charge in [0.05, 0.1) is 13.2 Å². The van der Waals surface area contributed by atoms with Gasteiger partial charge in [0.25, 0.3) is 17.7 Å². The Labute approximate surface area is 202 Å². The van der Waals surface area contributed by atoms with Gasteiger partial charge >= 0.3 is 5.92 Å². The molecule has 190 valence electrons. The molecule has 3 heterocycles. The highest BCUT2D eigenvalue weighted by Gasteiger charge is 2.33. The standard InChI is InChI=1S/C24H30F2N4O5/c1-15-12-17(5-6-18(15)21(32)27-19-13-33-14-20(19)31)34-11-3-4-16-7-9-30(10-8-16)23-28-22(35-29-23)24(2,25)26/h5-6,12,16,19H,3-4,7-11,13-14H2,1-2H3,(H,27,32). The number of amides is 1. The number of ketones is 1. The van der Waals surface area contributed by atoms with Crippen LogP contribution in [0.15, 0.2) is 22.7 Å². The molecule has 1 amide bonds. The van der Waals surface area contributed by atoms with Gasteiger partial charge in [-0.25, -0.2) is 0 Å². The molecule has 0 spiro atoms. The largest absolute Gasteiger partial charge is 0.494 e. The number of Topliss-reactive ketones (excluding diaryl/α,β-unsaturated/α-hetero) is 1. The summed E-state index contributed by atoms with van der Waals surface area (Å²) in [6, 6.07) is 4.69. The van der Waals surface area contributed by atoms with Gasteiger partial charge in [-0.1, -0.05) is 0 Å². The van der Waals surface area contributed by atoms with Crippen molar-refractivity contribution in [2.24, 2.45) is 5.92 Å². The molecule has 0 radical (unpaired) electrons. The first-order valence-corrected chi connectivity index (χ1v) is 11.8. The van der Waals surface area contributed by atoms with E-state index in [2.05, 4.69) is 20.0 Å². The van der Waals surface area contributed by atoms with Crippen LogP contribution >= 0.6 is 0 Å². The van der Waals surface area contributed by atoms with Crippen LogP contribution in [-0.2, 0) is 15.5 Å². The zero-order chi connectivity index (χ0) is 25.0. The molecule has 1 unspecified atom stereocenters. The minimum absolute atomic E-state index is 0.0376. The van der Waals surface area contributed by atoms with E-state index >= 15 is 0 Å². The van der Waals surface area contributed by atoms with E-state index in [1.807, 2.05) is 17.9 Å². The Kier molecular flexibility index (Phi) is 7.63. The predicted molar refractivity (Wildman–Crippen MR) is 122 cm³/mol. The van der Waals surface area contributed by atoms with Crippen molar-refractivity contribution < 1.29 is 32.4 Å². The number of aryl methyl sites for hydroxylation is 1. The van der Waals surface area contributed by atoms with E-state index in [0.29, 0.717) is 36.9 Å². The molecular weight excluding hydrogens is 462 g/mol. The van der Waals surface area contributed by atoms with Crippen molar-refractivity contribution >= 4 is 17.6 Å². The molecule has 9 nitrogen and oxygen atoms in total. The van der Waals surface area contributed by atoms with Gasteiger partial charge in [-0.2, -0.15) is 13.8 Å². The Morgan fingerprint density at radius 2 is 2.09 bits per heavy atom. The molecule has 1 aromatic carbocycles. The van der Waals surface area contributed by atoms with Crippen LogP contribution in [0, 0.1) is 12.8 Å². The molecule has 2 fully saturated rings. The number of piperidine rings is 1. The molecule has 2 aromatic rings. The lowest BCUT2D eigenvalue weighted by molar-refractivity contribution is -0.119. The van der Waals surface area contributed by atoms with Crippen LogP contribution in [0.2, 0.25) is 0 Å². The molecule has 0 aliphatic carbocycles. The second kappa shape index (κ2) is 10.7. The average molecular weight is 493 g/mol. The highest BCUT2D eigenvalue weighted by Crippen LogP contribution is 2.29. The van der Waals surface area contributed by atoms with Crippen molar-refractivity contribution in [1.82, 2.24) is 15.5 Å². The number of alkyl halides is 2. The van der Waals surface area contributed by atoms with Gasteiger partial charge in [0, 0.05) is 25.6 Å². The Bertz CT molecular complexity index is 1050. The third-order valence-corrected chi connectivity index (χ3v) is 6.38. The topological polar surface area (TPSA) is 107 Å². The molecule has 1 atom stereocenters. The van der Waals surface area contributed by atoms with Crippen LogP contribution in [0.25, 0.3) is 0 Å². The summed E-state index contributed by atoms with van der Waals surface area (Å²) < 4.78 is 42.2. The van der Waals surface area contributed by atoms with Crippen LogP contribution in [0.5, 0.6) is 5.75 Å². The fourth-order valence-electron chi connectivity index (χ4n) is 4.32. The van der Waals surface area contributed by atoms with Gasteiger partial charge in [-0.15, -0.1) is 0 Å². The van der Waals surface area contributed by atoms with E-state index in [4.69, 9.17) is 9.47 Å². The van der Waals surface area contributed by atoms with E-state index in [0.717, 1.165) is 38.2 Å². The number of hydrogen-bond acceptors (Lipinski definition) is 8. The minimum Gasteiger partial charge on any atom is -0.494 e. The number of aromatic nitrogens is 2. The maximum atomic E-state index is 13.3. The fraction of sp³-hybridized carbons (Fsp3) is 0.583. The van der Waals surface area contributed by atoms with Gasteiger partial charge in [-0.05, 0) is 67.4 Å². The Balaban J connectivity index is 1.17. The van der Waals surface area contributed by atoms with Crippen molar-refractivity contribution in [3.8, 4) is 5.75 Å². The number of carbonyl (C=O) groups excluding carboxylic acids is 2. The number of carbonyl (C=O) groups is 2. The number of anilines is 1. The molecule has 2 aliphatic rings. The van der Waals surface area contributed by atoms with E-state index < -0.39 is 17.9 Å². The van der Waals surface area contributed by atoms with Crippen molar-refractivity contribution in [3.05, 3.63) is 35.2 Å². The normalized spacial score (nSPS) is 19.3. The average Bonchev–Trinajstić information content (AvgIpc) is 3.47. The van der Waals surface area contributed by atoms with Crippen molar-refractivity contribution in [2.45, 2.75) is 51.5 Å². The first-order valence-electron chi connectivity index (χ1n) is 11.8. The maximum Gasteiger partial charge on any atom is 0.322 e. The summed E-state index contributed by atoms with van der Waals surface area (Å²) in [6.07, 6.45) is 3.72. The smallest absolute Gasteiger partial charge is 0.322 e. The fourth-order valence-corrected chi connectivity index (χ4v) is 4.32. The Morgan fingerprint density at radius 1 is 1.31 bits per heavy atom. The summed E-state index contributed by atoms with van der Waals surface area (Å²) in [4.78, 5) is 29.8. The number of halogens is 2. The van der Waals surface area contributed by atoms with Gasteiger partial charge in [-0.3, -0.25) is 9.59 Å². The van der Waals surface area contributed by atoms with E-state index in [9.17, 15) is 18.4 Å². The second-order valence-corrected chi connectivity index (χ2v) is 9.19. The first kappa shape index (κ1) is 25.0. The highest BCUT2D eigenvalue weighted by molar-refractivity contribution is 5.99. The van der Waals surface area contributed by atoms with Gasteiger partial charge in [0.2, 0.25) is 0 Å². The van der Waals surface area contributed by atoms with Crippen LogP contribution in [0.3, 0.4) is 0 Å². The molecule has 0 saturated carbocycles. The summed E-state index contributed by atoms with van der Waals surface area (Å²) >= 11 is 0. The van der Waals surface area contributed by atoms with Crippen LogP contribution < -0.4 is 15.0 Å². The van der Waals surface area contributed by atoms with E-state index in [1.165, 1.54) is 0 Å². The number of benzene rings is 1. The van der Waals surface area contributed by atoms with Crippen LogP contribution in [0.4, 0.5) is 14.7 Å².